The number of rotatable bonds is 8. The molecule has 0 unspecified atom stereocenters. The minimum absolute atomic E-state index is 0.192. The monoisotopic (exact) mass is 442 g/mol. The van der Waals surface area contributed by atoms with Gasteiger partial charge < -0.3 is 9.88 Å². The van der Waals surface area contributed by atoms with Crippen molar-refractivity contribution in [2.45, 2.75) is 45.1 Å². The van der Waals surface area contributed by atoms with Gasteiger partial charge >= 0.3 is 0 Å². The Labute approximate surface area is 183 Å². The molecule has 1 fully saturated rings. The largest absolute Gasteiger partial charge is 0.356 e. The van der Waals surface area contributed by atoms with E-state index in [9.17, 15) is 8.42 Å². The molecule has 31 heavy (non-hydrogen) atoms. The molecule has 8 nitrogen and oxygen atoms in total. The number of sulfonamides is 1. The Balaban J connectivity index is 1.27. The van der Waals surface area contributed by atoms with Crippen molar-refractivity contribution in [3.8, 4) is 0 Å². The molecule has 4 rings (SSSR count). The molecular formula is C22H30N6O2S. The van der Waals surface area contributed by atoms with Crippen molar-refractivity contribution in [3.05, 3.63) is 48.2 Å². The minimum Gasteiger partial charge on any atom is -0.356 e. The van der Waals surface area contributed by atoms with E-state index in [0.29, 0.717) is 19.0 Å². The van der Waals surface area contributed by atoms with Crippen LogP contribution in [-0.2, 0) is 16.4 Å². The molecule has 0 aliphatic heterocycles. The summed E-state index contributed by atoms with van der Waals surface area (Å²) in [6.45, 7) is 2.32. The SMILES string of the molecule is Cc1cccc(CCNS(=O)(=O)C[C@H]2CC[C@H](N(C)c3ncnc4[nH]ccc34)CC2)n1. The average Bonchev–Trinajstić information content (AvgIpc) is 3.22. The maximum Gasteiger partial charge on any atom is 0.211 e. The van der Waals surface area contributed by atoms with E-state index < -0.39 is 10.0 Å². The molecule has 9 heteroatoms. The normalized spacial score (nSPS) is 19.5. The zero-order chi connectivity index (χ0) is 21.8. The number of hydrogen-bond acceptors (Lipinski definition) is 6. The number of nitrogens with one attached hydrogen (secondary N) is 2. The fourth-order valence-corrected chi connectivity index (χ4v) is 5.94. The molecule has 0 radical (unpaired) electrons. The van der Waals surface area contributed by atoms with E-state index in [1.165, 1.54) is 0 Å². The van der Waals surface area contributed by atoms with E-state index in [1.807, 2.05) is 37.4 Å². The molecule has 1 aliphatic carbocycles. The first-order valence-electron chi connectivity index (χ1n) is 10.8. The standard InChI is InChI=1S/C22H30N6O2S/c1-16-4-3-5-18(27-16)10-13-26-31(29,30)14-17-6-8-19(9-7-17)28(2)22-20-11-12-23-21(20)24-15-25-22/h3-5,11-12,15,17,19,26H,6-10,13-14H2,1-2H3,(H,23,24,25)/t17-,19-. The molecule has 0 atom stereocenters. The Morgan fingerprint density at radius 3 is 2.74 bits per heavy atom. The zero-order valence-corrected chi connectivity index (χ0v) is 18.9. The maximum absolute atomic E-state index is 12.5. The minimum atomic E-state index is -3.29. The number of H-pyrrole nitrogens is 1. The highest BCUT2D eigenvalue weighted by Crippen LogP contribution is 2.31. The van der Waals surface area contributed by atoms with Gasteiger partial charge in [-0.1, -0.05) is 6.07 Å². The maximum atomic E-state index is 12.5. The summed E-state index contributed by atoms with van der Waals surface area (Å²) >= 11 is 0. The number of aryl methyl sites for hydroxylation is 1. The highest BCUT2D eigenvalue weighted by molar-refractivity contribution is 7.89. The third kappa shape index (κ3) is 5.40. The fourth-order valence-electron chi connectivity index (χ4n) is 4.45. The van der Waals surface area contributed by atoms with Gasteiger partial charge in [0.25, 0.3) is 0 Å². The van der Waals surface area contributed by atoms with Crippen LogP contribution in [0.2, 0.25) is 0 Å². The molecule has 3 aromatic rings. The Hall–Kier alpha value is -2.52. The van der Waals surface area contributed by atoms with Crippen molar-refractivity contribution in [1.29, 1.82) is 0 Å². The molecule has 1 aliphatic rings. The van der Waals surface area contributed by atoms with Gasteiger partial charge in [-0.25, -0.2) is 23.1 Å². The van der Waals surface area contributed by atoms with Gasteiger partial charge in [-0.15, -0.1) is 0 Å². The van der Waals surface area contributed by atoms with Crippen molar-refractivity contribution in [1.82, 2.24) is 24.7 Å². The molecule has 3 heterocycles. The predicted molar refractivity (Wildman–Crippen MR) is 123 cm³/mol. The van der Waals surface area contributed by atoms with Gasteiger partial charge in [0.05, 0.1) is 11.1 Å². The van der Waals surface area contributed by atoms with Gasteiger partial charge in [-0.05, 0) is 56.7 Å². The van der Waals surface area contributed by atoms with E-state index in [0.717, 1.165) is 53.9 Å². The van der Waals surface area contributed by atoms with Gasteiger partial charge in [0.15, 0.2) is 0 Å². The first-order valence-corrected chi connectivity index (χ1v) is 12.5. The molecule has 3 aromatic heterocycles. The highest BCUT2D eigenvalue weighted by Gasteiger charge is 2.28. The molecule has 2 N–H and O–H groups in total. The van der Waals surface area contributed by atoms with E-state index in [4.69, 9.17) is 0 Å². The smallest absolute Gasteiger partial charge is 0.211 e. The average molecular weight is 443 g/mol. The number of fused-ring (bicyclic) bond motifs is 1. The molecule has 0 aromatic carbocycles. The van der Waals surface area contributed by atoms with Crippen LogP contribution in [0.25, 0.3) is 11.0 Å². The summed E-state index contributed by atoms with van der Waals surface area (Å²) in [6, 6.07) is 8.17. The zero-order valence-electron chi connectivity index (χ0n) is 18.1. The van der Waals surface area contributed by atoms with Crippen molar-refractivity contribution < 1.29 is 8.42 Å². The van der Waals surface area contributed by atoms with Crippen LogP contribution in [0.3, 0.4) is 0 Å². The van der Waals surface area contributed by atoms with E-state index in [1.54, 1.807) is 6.33 Å². The van der Waals surface area contributed by atoms with E-state index >= 15 is 0 Å². The Morgan fingerprint density at radius 2 is 1.97 bits per heavy atom. The fraction of sp³-hybridized carbons (Fsp3) is 0.500. The number of aromatic nitrogens is 4. The second-order valence-corrected chi connectivity index (χ2v) is 10.3. The van der Waals surface area contributed by atoms with Gasteiger partial charge in [0.2, 0.25) is 10.0 Å². The van der Waals surface area contributed by atoms with Gasteiger partial charge in [-0.3, -0.25) is 4.98 Å². The molecule has 0 saturated heterocycles. The third-order valence-corrected chi connectivity index (χ3v) is 7.69. The van der Waals surface area contributed by atoms with Crippen molar-refractivity contribution in [2.75, 3.05) is 24.2 Å². The summed E-state index contributed by atoms with van der Waals surface area (Å²) in [6.07, 6.45) is 7.78. The molecule has 0 bridgehead atoms. The summed E-state index contributed by atoms with van der Waals surface area (Å²) in [5.41, 5.74) is 2.69. The van der Waals surface area contributed by atoms with Crippen LogP contribution in [0.15, 0.2) is 36.8 Å². The lowest BCUT2D eigenvalue weighted by molar-refractivity contribution is 0.340. The summed E-state index contributed by atoms with van der Waals surface area (Å²) in [5, 5.41) is 1.02. The van der Waals surface area contributed by atoms with Gasteiger partial charge in [0.1, 0.15) is 17.8 Å². The molecule has 1 saturated carbocycles. The third-order valence-electron chi connectivity index (χ3n) is 6.14. The first-order chi connectivity index (χ1) is 14.9. The molecule has 166 valence electrons. The molecular weight excluding hydrogens is 412 g/mol. The van der Waals surface area contributed by atoms with Crippen LogP contribution < -0.4 is 9.62 Å². The molecule has 0 spiro atoms. The summed E-state index contributed by atoms with van der Waals surface area (Å²) in [4.78, 5) is 18.5. The number of pyridine rings is 1. The van der Waals surface area contributed by atoms with Gasteiger partial charge in [0, 0.05) is 43.6 Å². The quantitative estimate of drug-likeness (QED) is 0.556. The summed E-state index contributed by atoms with van der Waals surface area (Å²) in [5.74, 6) is 1.31. The van der Waals surface area contributed by atoms with Crippen LogP contribution in [0, 0.1) is 12.8 Å². The first kappa shape index (κ1) is 21.7. The van der Waals surface area contributed by atoms with E-state index in [-0.39, 0.29) is 11.7 Å². The summed E-state index contributed by atoms with van der Waals surface area (Å²) in [7, 11) is -1.22. The topological polar surface area (TPSA) is 104 Å². The highest BCUT2D eigenvalue weighted by atomic mass is 32.2. The van der Waals surface area contributed by atoms with Crippen LogP contribution >= 0.6 is 0 Å². The Bertz CT molecular complexity index is 1120. The lowest BCUT2D eigenvalue weighted by Gasteiger charge is -2.35. The van der Waals surface area contributed by atoms with Crippen LogP contribution in [0.1, 0.15) is 37.1 Å². The lowest BCUT2D eigenvalue weighted by atomic mass is 9.86. The Kier molecular flexibility index (Phi) is 6.52. The van der Waals surface area contributed by atoms with Crippen molar-refractivity contribution in [2.24, 2.45) is 5.92 Å². The van der Waals surface area contributed by atoms with Crippen LogP contribution in [0.4, 0.5) is 5.82 Å². The van der Waals surface area contributed by atoms with Gasteiger partial charge in [-0.2, -0.15) is 0 Å². The molecule has 0 amide bonds. The van der Waals surface area contributed by atoms with Crippen molar-refractivity contribution >= 4 is 26.9 Å². The Morgan fingerprint density at radius 1 is 1.16 bits per heavy atom. The van der Waals surface area contributed by atoms with Crippen LogP contribution in [-0.4, -0.2) is 53.7 Å². The number of hydrogen-bond donors (Lipinski definition) is 2. The van der Waals surface area contributed by atoms with Crippen LogP contribution in [0.5, 0.6) is 0 Å². The van der Waals surface area contributed by atoms with Crippen molar-refractivity contribution in [3.63, 3.8) is 0 Å². The number of aromatic amines is 1. The lowest BCUT2D eigenvalue weighted by Crippen LogP contribution is -2.38. The number of nitrogens with zero attached hydrogens (tertiary/aromatic N) is 4. The number of anilines is 1. The van der Waals surface area contributed by atoms with E-state index in [2.05, 4.69) is 36.6 Å². The summed E-state index contributed by atoms with van der Waals surface area (Å²) < 4.78 is 27.8. The second kappa shape index (κ2) is 9.32. The predicted octanol–water partition coefficient (Wildman–Crippen LogP) is 2.82. The second-order valence-electron chi connectivity index (χ2n) is 8.42.